The van der Waals surface area contributed by atoms with Gasteiger partial charge in [0.05, 0.1) is 7.11 Å². The van der Waals surface area contributed by atoms with Gasteiger partial charge in [-0.05, 0) is 30.7 Å². The largest absolute Gasteiger partial charge is 0.493 e. The first kappa shape index (κ1) is 20.5. The zero-order chi connectivity index (χ0) is 20.5. The minimum atomic E-state index is -0.106. The highest BCUT2D eigenvalue weighted by Gasteiger charge is 2.22. The number of carbonyl (C=O) groups is 2. The number of hydrogen-bond donors (Lipinski definition) is 0. The molecule has 7 nitrogen and oxygen atoms in total. The number of nitrogens with zero attached hydrogens (tertiary/aromatic N) is 2. The zero-order valence-corrected chi connectivity index (χ0v) is 16.6. The fourth-order valence-electron chi connectivity index (χ4n) is 3.14. The van der Waals surface area contributed by atoms with Crippen LogP contribution >= 0.6 is 0 Å². The number of hydrogen-bond acceptors (Lipinski definition) is 5. The number of benzene rings is 2. The summed E-state index contributed by atoms with van der Waals surface area (Å²) in [6.07, 6.45) is 0.720. The van der Waals surface area contributed by atoms with Gasteiger partial charge in [0, 0.05) is 26.2 Å². The summed E-state index contributed by atoms with van der Waals surface area (Å²) in [6.45, 7) is 2.09. The fourth-order valence-corrected chi connectivity index (χ4v) is 3.14. The summed E-state index contributed by atoms with van der Waals surface area (Å²) >= 11 is 0. The summed E-state index contributed by atoms with van der Waals surface area (Å²) in [5.74, 6) is 1.61. The summed E-state index contributed by atoms with van der Waals surface area (Å²) in [6, 6.07) is 16.5. The summed E-state index contributed by atoms with van der Waals surface area (Å²) < 4.78 is 16.4. The predicted molar refractivity (Wildman–Crippen MR) is 108 cm³/mol. The predicted octanol–water partition coefficient (Wildman–Crippen LogP) is 2.21. The van der Waals surface area contributed by atoms with E-state index in [9.17, 15) is 9.59 Å². The Morgan fingerprint density at radius 3 is 1.93 bits per heavy atom. The molecule has 0 radical (unpaired) electrons. The second kappa shape index (κ2) is 10.4. The molecule has 1 heterocycles. The van der Waals surface area contributed by atoms with Crippen LogP contribution in [0, 0.1) is 0 Å². The van der Waals surface area contributed by atoms with E-state index in [1.165, 1.54) is 0 Å². The van der Waals surface area contributed by atoms with E-state index in [0.717, 1.165) is 6.42 Å². The Labute approximate surface area is 170 Å². The van der Waals surface area contributed by atoms with Crippen molar-refractivity contribution in [2.45, 2.75) is 6.42 Å². The molecule has 2 aromatic rings. The first-order valence-electron chi connectivity index (χ1n) is 9.66. The zero-order valence-electron chi connectivity index (χ0n) is 16.6. The fraction of sp³-hybridized carbons (Fsp3) is 0.364. The lowest BCUT2D eigenvalue weighted by Gasteiger charge is -2.22. The Balaban J connectivity index is 1.46. The minimum absolute atomic E-state index is 0.00509. The summed E-state index contributed by atoms with van der Waals surface area (Å²) in [5, 5.41) is 0. The van der Waals surface area contributed by atoms with Gasteiger partial charge in [0.2, 0.25) is 0 Å². The van der Waals surface area contributed by atoms with Crippen LogP contribution in [0.25, 0.3) is 0 Å². The molecular formula is C22H26N2O5. The monoisotopic (exact) mass is 398 g/mol. The third-order valence-electron chi connectivity index (χ3n) is 4.73. The normalized spacial score (nSPS) is 14.1. The summed E-state index contributed by atoms with van der Waals surface area (Å²) in [7, 11) is 1.56. The molecule has 0 bridgehead atoms. The van der Waals surface area contributed by atoms with Gasteiger partial charge in [-0.1, -0.05) is 30.3 Å². The SMILES string of the molecule is COc1ccccc1OCC(=O)N1CCCN(C(=O)COc2ccccc2)CC1. The number of ether oxygens (including phenoxy) is 3. The molecule has 0 spiro atoms. The summed E-state index contributed by atoms with van der Waals surface area (Å²) in [4.78, 5) is 28.5. The van der Waals surface area contributed by atoms with Gasteiger partial charge in [-0.15, -0.1) is 0 Å². The van der Waals surface area contributed by atoms with Crippen molar-refractivity contribution >= 4 is 11.8 Å². The van der Waals surface area contributed by atoms with E-state index in [1.807, 2.05) is 42.5 Å². The van der Waals surface area contributed by atoms with Crippen LogP contribution in [-0.4, -0.2) is 68.1 Å². The molecule has 1 fully saturated rings. The van der Waals surface area contributed by atoms with E-state index in [2.05, 4.69) is 0 Å². The van der Waals surface area contributed by atoms with Gasteiger partial charge in [-0.25, -0.2) is 0 Å². The maximum atomic E-state index is 12.5. The Hall–Kier alpha value is -3.22. The second-order valence-electron chi connectivity index (χ2n) is 6.66. The van der Waals surface area contributed by atoms with Crippen molar-refractivity contribution < 1.29 is 23.8 Å². The Morgan fingerprint density at radius 2 is 1.31 bits per heavy atom. The van der Waals surface area contributed by atoms with E-state index in [-0.39, 0.29) is 25.0 Å². The highest BCUT2D eigenvalue weighted by molar-refractivity contribution is 5.79. The number of methoxy groups -OCH3 is 1. The van der Waals surface area contributed by atoms with Gasteiger partial charge in [0.25, 0.3) is 11.8 Å². The lowest BCUT2D eigenvalue weighted by Crippen LogP contribution is -2.40. The highest BCUT2D eigenvalue weighted by atomic mass is 16.5. The maximum Gasteiger partial charge on any atom is 0.260 e. The van der Waals surface area contributed by atoms with Gasteiger partial charge >= 0.3 is 0 Å². The number of rotatable bonds is 7. The van der Waals surface area contributed by atoms with Crippen LogP contribution in [0.5, 0.6) is 17.2 Å². The molecule has 154 valence electrons. The average Bonchev–Trinajstić information content (AvgIpc) is 3.03. The van der Waals surface area contributed by atoms with Crippen LogP contribution in [0.3, 0.4) is 0 Å². The van der Waals surface area contributed by atoms with Crippen LogP contribution in [0.1, 0.15) is 6.42 Å². The molecule has 0 atom stereocenters. The van der Waals surface area contributed by atoms with Crippen LogP contribution < -0.4 is 14.2 Å². The van der Waals surface area contributed by atoms with Crippen molar-refractivity contribution in [3.05, 3.63) is 54.6 Å². The van der Waals surface area contributed by atoms with Gasteiger partial charge in [-0.3, -0.25) is 9.59 Å². The van der Waals surface area contributed by atoms with Crippen LogP contribution in [-0.2, 0) is 9.59 Å². The van der Waals surface area contributed by atoms with E-state index >= 15 is 0 Å². The molecule has 1 saturated heterocycles. The molecule has 7 heteroatoms. The Kier molecular flexibility index (Phi) is 7.33. The van der Waals surface area contributed by atoms with Crippen molar-refractivity contribution in [1.82, 2.24) is 9.80 Å². The maximum absolute atomic E-state index is 12.5. The van der Waals surface area contributed by atoms with Crippen LogP contribution in [0.4, 0.5) is 0 Å². The first-order valence-corrected chi connectivity index (χ1v) is 9.66. The van der Waals surface area contributed by atoms with Gasteiger partial charge in [0.1, 0.15) is 5.75 Å². The van der Waals surface area contributed by atoms with Gasteiger partial charge in [0.15, 0.2) is 24.7 Å². The third kappa shape index (κ3) is 5.88. The van der Waals surface area contributed by atoms with E-state index in [0.29, 0.717) is 43.4 Å². The molecule has 1 aliphatic rings. The van der Waals surface area contributed by atoms with Crippen molar-refractivity contribution in [3.8, 4) is 17.2 Å². The number of para-hydroxylation sites is 3. The molecule has 2 aromatic carbocycles. The molecule has 2 amide bonds. The van der Waals surface area contributed by atoms with Gasteiger partial charge in [-0.2, -0.15) is 0 Å². The molecule has 0 saturated carbocycles. The molecule has 3 rings (SSSR count). The number of carbonyl (C=O) groups excluding carboxylic acids is 2. The quantitative estimate of drug-likeness (QED) is 0.715. The van der Waals surface area contributed by atoms with E-state index < -0.39 is 0 Å². The van der Waals surface area contributed by atoms with Gasteiger partial charge < -0.3 is 24.0 Å². The minimum Gasteiger partial charge on any atom is -0.493 e. The topological polar surface area (TPSA) is 68.3 Å². The third-order valence-corrected chi connectivity index (χ3v) is 4.73. The lowest BCUT2D eigenvalue weighted by atomic mass is 10.3. The van der Waals surface area contributed by atoms with Crippen molar-refractivity contribution in [1.29, 1.82) is 0 Å². The average molecular weight is 398 g/mol. The number of amides is 2. The molecule has 0 N–H and O–H groups in total. The van der Waals surface area contributed by atoms with Crippen LogP contribution in [0.15, 0.2) is 54.6 Å². The first-order chi connectivity index (χ1) is 14.2. The van der Waals surface area contributed by atoms with Crippen molar-refractivity contribution in [2.24, 2.45) is 0 Å². The van der Waals surface area contributed by atoms with E-state index in [4.69, 9.17) is 14.2 Å². The second-order valence-corrected chi connectivity index (χ2v) is 6.66. The molecule has 29 heavy (non-hydrogen) atoms. The molecular weight excluding hydrogens is 372 g/mol. The van der Waals surface area contributed by atoms with Crippen LogP contribution in [0.2, 0.25) is 0 Å². The van der Waals surface area contributed by atoms with E-state index in [1.54, 1.807) is 29.0 Å². The molecule has 0 unspecified atom stereocenters. The standard InChI is InChI=1S/C22H26N2O5/c1-27-19-10-5-6-11-20(19)29-17-22(26)24-13-7-12-23(14-15-24)21(25)16-28-18-8-3-2-4-9-18/h2-6,8-11H,7,12-17H2,1H3. The highest BCUT2D eigenvalue weighted by Crippen LogP contribution is 2.25. The Bertz CT molecular complexity index is 812. The Morgan fingerprint density at radius 1 is 0.759 bits per heavy atom. The molecule has 0 aromatic heterocycles. The lowest BCUT2D eigenvalue weighted by molar-refractivity contribution is -0.135. The smallest absolute Gasteiger partial charge is 0.260 e. The van der Waals surface area contributed by atoms with Crippen molar-refractivity contribution in [3.63, 3.8) is 0 Å². The molecule has 0 aliphatic carbocycles. The molecule has 1 aliphatic heterocycles. The van der Waals surface area contributed by atoms with Crippen molar-refractivity contribution in [2.75, 3.05) is 46.5 Å². The summed E-state index contributed by atoms with van der Waals surface area (Å²) in [5.41, 5.74) is 0.